The lowest BCUT2D eigenvalue weighted by Gasteiger charge is -2.14. The van der Waals surface area contributed by atoms with Crippen LogP contribution in [0.25, 0.3) is 22.3 Å². The van der Waals surface area contributed by atoms with Gasteiger partial charge in [0.15, 0.2) is 5.11 Å². The second kappa shape index (κ2) is 5.21. The van der Waals surface area contributed by atoms with Gasteiger partial charge in [0.2, 0.25) is 0 Å². The molecule has 1 atom stereocenters. The number of furan rings is 1. The molecule has 1 saturated heterocycles. The van der Waals surface area contributed by atoms with Crippen molar-refractivity contribution in [1.29, 1.82) is 0 Å². The second-order valence-corrected chi connectivity index (χ2v) is 5.93. The van der Waals surface area contributed by atoms with Crippen LogP contribution >= 0.6 is 12.2 Å². The molecule has 1 aliphatic heterocycles. The van der Waals surface area contributed by atoms with Crippen molar-refractivity contribution >= 4 is 39.9 Å². The number of amides is 1. The zero-order chi connectivity index (χ0) is 16.0. The van der Waals surface area contributed by atoms with Crippen LogP contribution in [0.15, 0.2) is 59.0 Å². The Balaban J connectivity index is 1.68. The van der Waals surface area contributed by atoms with Gasteiger partial charge in [-0.1, -0.05) is 18.2 Å². The Morgan fingerprint density at radius 1 is 1.13 bits per heavy atom. The van der Waals surface area contributed by atoms with E-state index in [9.17, 15) is 4.79 Å². The highest BCUT2D eigenvalue weighted by Crippen LogP contribution is 2.29. The van der Waals surface area contributed by atoms with Gasteiger partial charge < -0.3 is 9.73 Å². The van der Waals surface area contributed by atoms with Crippen molar-refractivity contribution in [1.82, 2.24) is 5.32 Å². The minimum atomic E-state index is -0.280. The fraction of sp³-hybridized carbons (Fsp3) is 0.111. The third-order valence-corrected chi connectivity index (χ3v) is 4.27. The number of carbonyl (C=O) groups excluding carboxylic acids is 1. The van der Waals surface area contributed by atoms with Crippen molar-refractivity contribution in [2.45, 2.75) is 13.0 Å². The topological polar surface area (TPSA) is 45.5 Å². The number of fused-ring (bicyclic) bond motifs is 1. The second-order valence-electron chi connectivity index (χ2n) is 5.54. The van der Waals surface area contributed by atoms with Gasteiger partial charge in [-0.2, -0.15) is 0 Å². The summed E-state index contributed by atoms with van der Waals surface area (Å²) in [6, 6.07) is 17.3. The molecule has 0 saturated carbocycles. The van der Waals surface area contributed by atoms with Gasteiger partial charge in [0, 0.05) is 10.9 Å². The van der Waals surface area contributed by atoms with E-state index in [1.165, 1.54) is 4.90 Å². The summed E-state index contributed by atoms with van der Waals surface area (Å²) >= 11 is 5.22. The molecular weight excluding hydrogens is 308 g/mol. The standard InChI is InChI=1S/C18H14N2O2S/c1-11-17(21)20(18(23)19-11)14-8-6-12(7-9-14)16-10-13-4-2-3-5-15(13)22-16/h2-11H,1H3,(H,19,23). The molecule has 23 heavy (non-hydrogen) atoms. The van der Waals surface area contributed by atoms with Crippen LogP contribution in [0.3, 0.4) is 0 Å². The highest BCUT2D eigenvalue weighted by molar-refractivity contribution is 7.80. The molecule has 114 valence electrons. The molecule has 0 aliphatic carbocycles. The van der Waals surface area contributed by atoms with E-state index in [0.717, 1.165) is 28.0 Å². The van der Waals surface area contributed by atoms with Crippen LogP contribution in [0.4, 0.5) is 5.69 Å². The van der Waals surface area contributed by atoms with Crippen LogP contribution in [-0.4, -0.2) is 17.1 Å². The lowest BCUT2D eigenvalue weighted by atomic mass is 10.1. The summed E-state index contributed by atoms with van der Waals surface area (Å²) < 4.78 is 5.86. The predicted octanol–water partition coefficient (Wildman–Crippen LogP) is 3.71. The van der Waals surface area contributed by atoms with Crippen LogP contribution in [-0.2, 0) is 4.79 Å². The quantitative estimate of drug-likeness (QED) is 0.731. The van der Waals surface area contributed by atoms with E-state index in [1.54, 1.807) is 6.92 Å². The molecule has 1 aliphatic rings. The number of hydrogen-bond acceptors (Lipinski definition) is 3. The van der Waals surface area contributed by atoms with Gasteiger partial charge in [-0.25, -0.2) is 0 Å². The highest BCUT2D eigenvalue weighted by Gasteiger charge is 2.33. The van der Waals surface area contributed by atoms with E-state index in [4.69, 9.17) is 16.6 Å². The van der Waals surface area contributed by atoms with Crippen LogP contribution in [0.5, 0.6) is 0 Å². The van der Waals surface area contributed by atoms with Crippen LogP contribution in [0, 0.1) is 0 Å². The maximum absolute atomic E-state index is 12.1. The average molecular weight is 322 g/mol. The molecule has 2 heterocycles. The predicted molar refractivity (Wildman–Crippen MR) is 94.3 cm³/mol. The van der Waals surface area contributed by atoms with Crippen LogP contribution in [0.1, 0.15) is 6.92 Å². The lowest BCUT2D eigenvalue weighted by Crippen LogP contribution is -2.30. The molecule has 1 aromatic heterocycles. The Bertz CT molecular complexity index is 881. The van der Waals surface area contributed by atoms with Crippen molar-refractivity contribution in [2.24, 2.45) is 0 Å². The molecule has 2 aromatic carbocycles. The van der Waals surface area contributed by atoms with Crippen molar-refractivity contribution in [2.75, 3.05) is 4.90 Å². The Morgan fingerprint density at radius 3 is 2.52 bits per heavy atom. The molecule has 1 amide bonds. The minimum absolute atomic E-state index is 0.0357. The van der Waals surface area contributed by atoms with Gasteiger partial charge in [-0.05, 0) is 55.5 Å². The van der Waals surface area contributed by atoms with E-state index in [0.29, 0.717) is 5.11 Å². The molecule has 1 unspecified atom stereocenters. The number of benzene rings is 2. The Kier molecular flexibility index (Phi) is 3.16. The molecule has 1 fully saturated rings. The maximum atomic E-state index is 12.1. The van der Waals surface area contributed by atoms with Gasteiger partial charge in [-0.3, -0.25) is 9.69 Å². The van der Waals surface area contributed by atoms with Crippen molar-refractivity contribution in [3.8, 4) is 11.3 Å². The van der Waals surface area contributed by atoms with E-state index in [2.05, 4.69) is 5.32 Å². The van der Waals surface area contributed by atoms with E-state index < -0.39 is 0 Å². The Morgan fingerprint density at radius 2 is 1.87 bits per heavy atom. The minimum Gasteiger partial charge on any atom is -0.456 e. The van der Waals surface area contributed by atoms with Crippen molar-refractivity contribution in [3.63, 3.8) is 0 Å². The van der Waals surface area contributed by atoms with Crippen LogP contribution in [0.2, 0.25) is 0 Å². The first-order chi connectivity index (χ1) is 11.1. The third-order valence-electron chi connectivity index (χ3n) is 3.97. The van der Waals surface area contributed by atoms with Gasteiger partial charge in [0.25, 0.3) is 5.91 Å². The van der Waals surface area contributed by atoms with Crippen LogP contribution < -0.4 is 10.2 Å². The number of rotatable bonds is 2. The molecular formula is C18H14N2O2S. The van der Waals surface area contributed by atoms with E-state index >= 15 is 0 Å². The average Bonchev–Trinajstić information content (AvgIpc) is 3.09. The van der Waals surface area contributed by atoms with Gasteiger partial charge in [-0.15, -0.1) is 0 Å². The number of hydrogen-bond donors (Lipinski definition) is 1. The Hall–Kier alpha value is -2.66. The lowest BCUT2D eigenvalue weighted by molar-refractivity contribution is -0.117. The molecule has 0 radical (unpaired) electrons. The monoisotopic (exact) mass is 322 g/mol. The summed E-state index contributed by atoms with van der Waals surface area (Å²) in [4.78, 5) is 13.7. The zero-order valence-corrected chi connectivity index (χ0v) is 13.3. The fourth-order valence-electron chi connectivity index (χ4n) is 2.75. The number of anilines is 1. The smallest absolute Gasteiger partial charge is 0.255 e. The van der Waals surface area contributed by atoms with E-state index in [1.807, 2.05) is 54.6 Å². The fourth-order valence-corrected chi connectivity index (χ4v) is 3.12. The summed E-state index contributed by atoms with van der Waals surface area (Å²) in [5.74, 6) is 0.769. The highest BCUT2D eigenvalue weighted by atomic mass is 32.1. The molecule has 1 N–H and O–H groups in total. The first kappa shape index (κ1) is 14.0. The maximum Gasteiger partial charge on any atom is 0.255 e. The van der Waals surface area contributed by atoms with Gasteiger partial charge >= 0.3 is 0 Å². The number of nitrogens with zero attached hydrogens (tertiary/aromatic N) is 1. The van der Waals surface area contributed by atoms with E-state index in [-0.39, 0.29) is 11.9 Å². The molecule has 3 aromatic rings. The summed E-state index contributed by atoms with van der Waals surface area (Å²) in [6.07, 6.45) is 0. The molecule has 4 rings (SSSR count). The summed E-state index contributed by atoms with van der Waals surface area (Å²) in [5, 5.41) is 4.48. The Labute approximate surface area is 138 Å². The number of thiocarbonyl (C=S) groups is 1. The first-order valence-corrected chi connectivity index (χ1v) is 7.78. The first-order valence-electron chi connectivity index (χ1n) is 7.37. The molecule has 5 heteroatoms. The number of nitrogens with one attached hydrogen (secondary N) is 1. The molecule has 0 spiro atoms. The van der Waals surface area contributed by atoms with Gasteiger partial charge in [0.1, 0.15) is 17.4 Å². The van der Waals surface area contributed by atoms with Gasteiger partial charge in [0.05, 0.1) is 5.69 Å². The largest absolute Gasteiger partial charge is 0.456 e. The van der Waals surface area contributed by atoms with Crippen molar-refractivity contribution in [3.05, 3.63) is 54.6 Å². The SMILES string of the molecule is CC1NC(=S)N(c2ccc(-c3cc4ccccc4o3)cc2)C1=O. The molecule has 0 bridgehead atoms. The van der Waals surface area contributed by atoms with Crippen molar-refractivity contribution < 1.29 is 9.21 Å². The molecule has 4 nitrogen and oxygen atoms in total. The number of para-hydroxylation sites is 1. The summed E-state index contributed by atoms with van der Waals surface area (Å²) in [7, 11) is 0. The third kappa shape index (κ3) is 2.29. The summed E-state index contributed by atoms with van der Waals surface area (Å²) in [5.41, 5.74) is 2.58. The normalized spacial score (nSPS) is 17.8. The summed E-state index contributed by atoms with van der Waals surface area (Å²) in [6.45, 7) is 1.80. The zero-order valence-electron chi connectivity index (χ0n) is 12.4. The number of carbonyl (C=O) groups is 1.